The van der Waals surface area contributed by atoms with Crippen LogP contribution in [0.5, 0.6) is 11.5 Å². The highest BCUT2D eigenvalue weighted by Gasteiger charge is 2.61. The Labute approximate surface area is 520 Å². The van der Waals surface area contributed by atoms with Crippen LogP contribution in [0.15, 0.2) is 78.9 Å². The Morgan fingerprint density at radius 3 is 1.84 bits per heavy atom. The van der Waals surface area contributed by atoms with Crippen LogP contribution in [0, 0.1) is 46.3 Å². The topological polar surface area (TPSA) is 136 Å². The van der Waals surface area contributed by atoms with E-state index in [4.69, 9.17) is 18.9 Å². The van der Waals surface area contributed by atoms with Crippen molar-refractivity contribution in [1.29, 1.82) is 0 Å². The Bertz CT molecular complexity index is 2470. The summed E-state index contributed by atoms with van der Waals surface area (Å²) < 4.78 is 24.3. The van der Waals surface area contributed by atoms with Gasteiger partial charge in [-0.15, -0.1) is 0 Å². The minimum absolute atomic E-state index is 0.0217. The third-order valence-electron chi connectivity index (χ3n) is 22.6. The molecule has 4 saturated carbocycles. The molecule has 0 bridgehead atoms. The van der Waals surface area contributed by atoms with E-state index in [2.05, 4.69) is 38.3 Å². The first kappa shape index (κ1) is 67.3. The quantitative estimate of drug-likeness (QED) is 0.0490. The number of amides is 3. The number of nitrogens with one attached hydrogen (secondary N) is 2. The Kier molecular flexibility index (Phi) is 26.5. The number of benzene rings is 3. The molecule has 5 aliphatic rings. The first-order valence-electron chi connectivity index (χ1n) is 35.0. The maximum Gasteiger partial charge on any atom is 0.407 e. The molecule has 1 saturated heterocycles. The van der Waals surface area contributed by atoms with Crippen molar-refractivity contribution in [3.63, 3.8) is 0 Å². The van der Waals surface area contributed by atoms with Gasteiger partial charge in [-0.2, -0.15) is 0 Å². The molecule has 8 rings (SSSR count). The van der Waals surface area contributed by atoms with Crippen LogP contribution in [0.1, 0.15) is 250 Å². The van der Waals surface area contributed by atoms with Crippen LogP contribution in [-0.2, 0) is 31.3 Å². The Hall–Kier alpha value is -4.61. The number of hydrogen-bond acceptors (Lipinski definition) is 8. The maximum atomic E-state index is 14.4. The number of fused-ring (bicyclic) bond motifs is 5. The lowest BCUT2D eigenvalue weighted by Crippen LogP contribution is -2.54. The number of rotatable bonds is 36. The number of hydrogen-bond donors (Lipinski definition) is 3. The van der Waals surface area contributed by atoms with Crippen molar-refractivity contribution < 1.29 is 38.4 Å². The normalized spacial score (nSPS) is 27.0. The fourth-order valence-corrected chi connectivity index (χ4v) is 17.7. The van der Waals surface area contributed by atoms with Crippen molar-refractivity contribution in [2.45, 2.75) is 264 Å². The first-order valence-corrected chi connectivity index (χ1v) is 35.0. The van der Waals surface area contributed by atoms with Crippen LogP contribution in [0.2, 0.25) is 0 Å². The van der Waals surface area contributed by atoms with Gasteiger partial charge in [-0.1, -0.05) is 185 Å². The number of β-amino-alcohol motifs (C(OH)–C–C–N with tert-alkyl or cyclic N) is 1. The molecule has 3 N–H and O–H groups in total. The smallest absolute Gasteiger partial charge is 0.407 e. The summed E-state index contributed by atoms with van der Waals surface area (Å²) >= 11 is 0. The van der Waals surface area contributed by atoms with E-state index in [1.807, 2.05) is 83.8 Å². The minimum atomic E-state index is -1.11. The second kappa shape index (κ2) is 33.8. The van der Waals surface area contributed by atoms with Crippen molar-refractivity contribution in [2.75, 3.05) is 33.9 Å². The number of ether oxygens (including phenoxy) is 4. The number of carbonyl (C=O) groups excluding carboxylic acids is 3. The summed E-state index contributed by atoms with van der Waals surface area (Å²) in [5, 5.41) is 17.7. The van der Waals surface area contributed by atoms with E-state index in [1.165, 1.54) is 135 Å². The number of carbonyl (C=O) groups is 3. The molecule has 11 nitrogen and oxygen atoms in total. The maximum absolute atomic E-state index is 14.4. The van der Waals surface area contributed by atoms with Crippen molar-refractivity contribution in [1.82, 2.24) is 15.5 Å². The second-order valence-electron chi connectivity index (χ2n) is 28.0. The fourth-order valence-electron chi connectivity index (χ4n) is 17.7. The van der Waals surface area contributed by atoms with Gasteiger partial charge in [-0.3, -0.25) is 9.59 Å². The summed E-state index contributed by atoms with van der Waals surface area (Å²) in [5.74, 6) is 5.85. The molecular formula is C75H115N3O8. The largest absolute Gasteiger partial charge is 0.497 e. The first-order chi connectivity index (χ1) is 41.8. The van der Waals surface area contributed by atoms with Gasteiger partial charge in [-0.25, -0.2) is 4.79 Å². The van der Waals surface area contributed by atoms with Crippen molar-refractivity contribution in [3.8, 4) is 11.5 Å². The number of unbranched alkanes of at least 4 members (excludes halogenated alkanes) is 17. The zero-order valence-electron chi connectivity index (χ0n) is 54.4. The summed E-state index contributed by atoms with van der Waals surface area (Å²) in [6, 6.07) is 25.2. The molecule has 86 heavy (non-hydrogen) atoms. The van der Waals surface area contributed by atoms with Crippen molar-refractivity contribution in [2.24, 2.45) is 46.3 Å². The molecule has 12 atom stereocenters. The van der Waals surface area contributed by atoms with Crippen molar-refractivity contribution in [3.05, 3.63) is 95.6 Å². The van der Waals surface area contributed by atoms with Gasteiger partial charge in [0.2, 0.25) is 11.8 Å². The van der Waals surface area contributed by atoms with Crippen LogP contribution in [0.3, 0.4) is 0 Å². The molecule has 12 unspecified atom stereocenters. The van der Waals surface area contributed by atoms with Gasteiger partial charge in [0.15, 0.2) is 0 Å². The average molecular weight is 1190 g/mol. The van der Waals surface area contributed by atoms with E-state index < -0.39 is 17.7 Å². The van der Waals surface area contributed by atoms with Crippen LogP contribution < -0.4 is 20.1 Å². The summed E-state index contributed by atoms with van der Waals surface area (Å²) in [6.45, 7) is 11.8. The molecule has 0 radical (unpaired) electrons. The average Bonchev–Trinajstić information content (AvgIpc) is 1.39. The predicted molar refractivity (Wildman–Crippen MR) is 347 cm³/mol. The molecule has 1 aliphatic heterocycles. The van der Waals surface area contributed by atoms with E-state index in [1.54, 1.807) is 14.2 Å². The lowest BCUT2D eigenvalue weighted by molar-refractivity contribution is -0.141. The van der Waals surface area contributed by atoms with Crippen LogP contribution in [-0.4, -0.2) is 80.0 Å². The number of methoxy groups -OCH3 is 2. The molecule has 11 heteroatoms. The molecule has 3 amide bonds. The summed E-state index contributed by atoms with van der Waals surface area (Å²) in [6.07, 6.45) is 36.1. The van der Waals surface area contributed by atoms with E-state index >= 15 is 0 Å². The lowest BCUT2D eigenvalue weighted by atomic mass is 9.44. The Morgan fingerprint density at radius 2 is 1.20 bits per heavy atom. The third kappa shape index (κ3) is 17.6. The van der Waals surface area contributed by atoms with Crippen LogP contribution >= 0.6 is 0 Å². The standard InChI is InChI=1S/C75H115N3O8/c1-7-8-9-10-11-12-13-14-15-16-17-18-19-20-21-27-50-76-70(80)45-32-56(2)66-43-44-67-65-42-37-60-52-64(46-48-73(60,3)68(65)47-49-74(66,67)4)86-72(82)77-51-28-23-26-31-71(81)78-54-61(79)53-69(78)75(58-29-24-22-25-30-58,59-35-40-63(84-6)41-36-59)85-55-57-33-38-62(83-5)39-34-57/h22,24-25,29-30,33-36,38-41,56,60-61,64-69,79H,7-21,23,26-28,31-32,37,42-55H2,1-6H3,(H,76,80)(H,77,82). The molecule has 4 aliphatic carbocycles. The molecule has 3 aromatic carbocycles. The lowest BCUT2D eigenvalue weighted by Gasteiger charge is -2.61. The van der Waals surface area contributed by atoms with E-state index in [-0.39, 0.29) is 37.2 Å². The van der Waals surface area contributed by atoms with Gasteiger partial charge >= 0.3 is 6.09 Å². The number of alkyl carbamates (subject to hydrolysis) is 1. The summed E-state index contributed by atoms with van der Waals surface area (Å²) in [7, 11) is 3.29. The highest BCUT2D eigenvalue weighted by molar-refractivity contribution is 5.77. The fraction of sp³-hybridized carbons (Fsp3) is 0.720. The molecule has 3 aromatic rings. The second-order valence-corrected chi connectivity index (χ2v) is 28.0. The SMILES string of the molecule is CCCCCCCCCCCCCCCCCCNC(=O)CCC(C)C1CCC2C3CCC4CC(OC(=O)NCCCCCC(=O)N5CC(O)CC5C(OCc5ccc(OC)cc5)(c5ccccc5)c5ccc(OC)cc5)CCC4(C)C3CCC12C. The summed E-state index contributed by atoms with van der Waals surface area (Å²) in [4.78, 5) is 42.6. The predicted octanol–water partition coefficient (Wildman–Crippen LogP) is 17.2. The number of nitrogens with zero attached hydrogens (tertiary/aromatic N) is 1. The van der Waals surface area contributed by atoms with E-state index in [9.17, 15) is 19.5 Å². The Balaban J connectivity index is 0.718. The number of aliphatic hydroxyl groups excluding tert-OH is 1. The highest BCUT2D eigenvalue weighted by atomic mass is 16.6. The zero-order chi connectivity index (χ0) is 60.8. The molecular weight excluding hydrogens is 1070 g/mol. The van der Waals surface area contributed by atoms with Crippen molar-refractivity contribution >= 4 is 17.9 Å². The van der Waals surface area contributed by atoms with Gasteiger partial charge < -0.3 is 39.6 Å². The minimum Gasteiger partial charge on any atom is -0.497 e. The summed E-state index contributed by atoms with van der Waals surface area (Å²) in [5.41, 5.74) is 2.28. The molecule has 0 aromatic heterocycles. The zero-order valence-corrected chi connectivity index (χ0v) is 54.4. The van der Waals surface area contributed by atoms with E-state index in [0.717, 1.165) is 91.7 Å². The van der Waals surface area contributed by atoms with Crippen LogP contribution in [0.4, 0.5) is 4.79 Å². The van der Waals surface area contributed by atoms with Gasteiger partial charge in [0.1, 0.15) is 23.2 Å². The Morgan fingerprint density at radius 1 is 0.628 bits per heavy atom. The van der Waals surface area contributed by atoms with E-state index in [0.29, 0.717) is 66.6 Å². The van der Waals surface area contributed by atoms with Gasteiger partial charge in [0.25, 0.3) is 0 Å². The number of aliphatic hydroxyl groups is 1. The third-order valence-corrected chi connectivity index (χ3v) is 22.6. The molecule has 1 heterocycles. The van der Waals surface area contributed by atoms with Gasteiger partial charge in [0, 0.05) is 32.5 Å². The number of likely N-dealkylation sites (tertiary alicyclic amines) is 1. The van der Waals surface area contributed by atoms with Gasteiger partial charge in [-0.05, 0) is 177 Å². The molecule has 5 fully saturated rings. The molecule has 0 spiro atoms. The van der Waals surface area contributed by atoms with Gasteiger partial charge in [0.05, 0.1) is 33.0 Å². The van der Waals surface area contributed by atoms with Crippen LogP contribution in [0.25, 0.3) is 0 Å². The highest BCUT2D eigenvalue weighted by Crippen LogP contribution is 2.68. The monoisotopic (exact) mass is 1190 g/mol. The molecule has 478 valence electrons.